The lowest BCUT2D eigenvalue weighted by atomic mass is 9.95. The fraction of sp³-hybridized carbons (Fsp3) is 0.417. The number of anilines is 1. The summed E-state index contributed by atoms with van der Waals surface area (Å²) in [6, 6.07) is 8.11. The molecule has 0 bridgehead atoms. The fourth-order valence-electron chi connectivity index (χ4n) is 4.18. The molecule has 1 aliphatic rings. The van der Waals surface area contributed by atoms with E-state index < -0.39 is 0 Å². The van der Waals surface area contributed by atoms with E-state index in [1.807, 2.05) is 24.4 Å². The largest absolute Gasteiger partial charge is 0.385 e. The van der Waals surface area contributed by atoms with Gasteiger partial charge in [0.05, 0.1) is 5.56 Å². The summed E-state index contributed by atoms with van der Waals surface area (Å²) >= 11 is 1.56. The van der Waals surface area contributed by atoms with Gasteiger partial charge in [-0.3, -0.25) is 9.59 Å². The van der Waals surface area contributed by atoms with E-state index in [-0.39, 0.29) is 11.8 Å². The fourth-order valence-corrected chi connectivity index (χ4v) is 5.48. The van der Waals surface area contributed by atoms with Gasteiger partial charge in [-0.2, -0.15) is 0 Å². The summed E-state index contributed by atoms with van der Waals surface area (Å²) in [6.07, 6.45) is 7.87. The molecule has 2 amide bonds. The number of aryl methyl sites for hydroxylation is 2. The van der Waals surface area contributed by atoms with Crippen LogP contribution in [0.2, 0.25) is 0 Å². The molecule has 31 heavy (non-hydrogen) atoms. The van der Waals surface area contributed by atoms with Crippen molar-refractivity contribution in [3.05, 3.63) is 52.0 Å². The van der Waals surface area contributed by atoms with Gasteiger partial charge >= 0.3 is 0 Å². The number of carbonyl (C=O) groups excluding carboxylic acids is 2. The maximum absolute atomic E-state index is 12.9. The summed E-state index contributed by atoms with van der Waals surface area (Å²) in [7, 11) is 1.65. The third-order valence-corrected chi connectivity index (χ3v) is 6.97. The number of hydrogen-bond donors (Lipinski definition) is 3. The van der Waals surface area contributed by atoms with E-state index in [2.05, 4.69) is 21.7 Å². The molecule has 164 valence electrons. The molecule has 0 fully saturated rings. The van der Waals surface area contributed by atoms with Crippen LogP contribution in [0.3, 0.4) is 0 Å². The van der Waals surface area contributed by atoms with Crippen molar-refractivity contribution < 1.29 is 14.3 Å². The van der Waals surface area contributed by atoms with Gasteiger partial charge in [-0.15, -0.1) is 11.3 Å². The minimum absolute atomic E-state index is 0.0580. The second kappa shape index (κ2) is 10.1. The third kappa shape index (κ3) is 4.99. The lowest BCUT2D eigenvalue weighted by Gasteiger charge is -2.13. The van der Waals surface area contributed by atoms with Crippen LogP contribution in [-0.4, -0.2) is 37.1 Å². The van der Waals surface area contributed by atoms with Crippen LogP contribution in [0.4, 0.5) is 5.00 Å². The molecule has 2 heterocycles. The zero-order chi connectivity index (χ0) is 21.6. The van der Waals surface area contributed by atoms with Crippen molar-refractivity contribution >= 4 is 39.1 Å². The Bertz CT molecular complexity index is 1070. The zero-order valence-corrected chi connectivity index (χ0v) is 18.7. The standard InChI is InChI=1S/C24H29N3O3S/c1-30-14-6-13-25-23(29)22-18-8-3-5-10-20(18)31-24(22)27-21(28)12-11-16-15-26-19-9-4-2-7-17(16)19/h2,4,7,9,15,26H,3,5-6,8,10-14H2,1H3,(H,25,29)(H,27,28). The molecule has 0 spiro atoms. The maximum atomic E-state index is 12.9. The molecule has 4 rings (SSSR count). The van der Waals surface area contributed by atoms with Crippen LogP contribution in [0.5, 0.6) is 0 Å². The second-order valence-electron chi connectivity index (χ2n) is 7.92. The number of rotatable bonds is 9. The highest BCUT2D eigenvalue weighted by Crippen LogP contribution is 2.38. The first-order valence-corrected chi connectivity index (χ1v) is 11.8. The van der Waals surface area contributed by atoms with Crippen LogP contribution < -0.4 is 10.6 Å². The number of amides is 2. The predicted molar refractivity (Wildman–Crippen MR) is 125 cm³/mol. The van der Waals surface area contributed by atoms with Gasteiger partial charge in [0.1, 0.15) is 5.00 Å². The summed E-state index contributed by atoms with van der Waals surface area (Å²) in [5.41, 5.74) is 3.99. The van der Waals surface area contributed by atoms with Gasteiger partial charge in [-0.25, -0.2) is 0 Å². The van der Waals surface area contributed by atoms with E-state index in [1.54, 1.807) is 18.4 Å². The Hall–Kier alpha value is -2.64. The van der Waals surface area contributed by atoms with Crippen molar-refractivity contribution in [2.24, 2.45) is 0 Å². The van der Waals surface area contributed by atoms with Gasteiger partial charge in [0, 0.05) is 48.7 Å². The maximum Gasteiger partial charge on any atom is 0.254 e. The molecular weight excluding hydrogens is 410 g/mol. The van der Waals surface area contributed by atoms with Crippen LogP contribution >= 0.6 is 11.3 Å². The number of methoxy groups -OCH3 is 1. The van der Waals surface area contributed by atoms with E-state index in [0.717, 1.165) is 54.1 Å². The average molecular weight is 440 g/mol. The molecule has 0 radical (unpaired) electrons. The Kier molecular flexibility index (Phi) is 7.04. The normalized spacial score (nSPS) is 13.2. The molecule has 2 aromatic heterocycles. The molecule has 0 saturated heterocycles. The molecule has 3 N–H and O–H groups in total. The van der Waals surface area contributed by atoms with Gasteiger partial charge in [-0.1, -0.05) is 18.2 Å². The van der Waals surface area contributed by atoms with Crippen LogP contribution in [-0.2, 0) is 28.8 Å². The van der Waals surface area contributed by atoms with Crippen molar-refractivity contribution in [1.29, 1.82) is 0 Å². The molecular formula is C24H29N3O3S. The molecule has 3 aromatic rings. The van der Waals surface area contributed by atoms with Crippen LogP contribution in [0.15, 0.2) is 30.5 Å². The van der Waals surface area contributed by atoms with Crippen LogP contribution in [0.1, 0.15) is 52.0 Å². The van der Waals surface area contributed by atoms with E-state index in [9.17, 15) is 9.59 Å². The number of nitrogens with one attached hydrogen (secondary N) is 3. The molecule has 0 atom stereocenters. The zero-order valence-electron chi connectivity index (χ0n) is 17.9. The van der Waals surface area contributed by atoms with Gasteiger partial charge in [0.15, 0.2) is 0 Å². The number of benzene rings is 1. The van der Waals surface area contributed by atoms with E-state index in [4.69, 9.17) is 4.74 Å². The second-order valence-corrected chi connectivity index (χ2v) is 9.03. The Morgan fingerprint density at radius 1 is 1.19 bits per heavy atom. The van der Waals surface area contributed by atoms with Crippen molar-refractivity contribution in [3.8, 4) is 0 Å². The molecule has 7 heteroatoms. The minimum atomic E-state index is -0.0950. The summed E-state index contributed by atoms with van der Waals surface area (Å²) < 4.78 is 5.06. The summed E-state index contributed by atoms with van der Waals surface area (Å²) in [5.74, 6) is -0.153. The van der Waals surface area contributed by atoms with Gasteiger partial charge in [-0.05, 0) is 55.7 Å². The number of carbonyl (C=O) groups is 2. The smallest absolute Gasteiger partial charge is 0.254 e. The molecule has 6 nitrogen and oxygen atoms in total. The number of ether oxygens (including phenoxy) is 1. The highest BCUT2D eigenvalue weighted by Gasteiger charge is 2.26. The number of H-pyrrole nitrogens is 1. The first-order valence-electron chi connectivity index (χ1n) is 10.9. The number of aromatic nitrogens is 1. The van der Waals surface area contributed by atoms with E-state index in [1.165, 1.54) is 4.88 Å². The van der Waals surface area contributed by atoms with Crippen molar-refractivity contribution in [2.45, 2.75) is 44.9 Å². The Morgan fingerprint density at radius 2 is 2.03 bits per heavy atom. The number of para-hydroxylation sites is 1. The molecule has 0 unspecified atom stereocenters. The van der Waals surface area contributed by atoms with Crippen molar-refractivity contribution in [1.82, 2.24) is 10.3 Å². The Morgan fingerprint density at radius 3 is 2.90 bits per heavy atom. The summed E-state index contributed by atoms with van der Waals surface area (Å²) in [6.45, 7) is 1.17. The monoisotopic (exact) mass is 439 g/mol. The third-order valence-electron chi connectivity index (χ3n) is 5.76. The Labute approximate surface area is 186 Å². The van der Waals surface area contributed by atoms with Crippen LogP contribution in [0.25, 0.3) is 10.9 Å². The summed E-state index contributed by atoms with van der Waals surface area (Å²) in [5, 5.41) is 7.88. The lowest BCUT2D eigenvalue weighted by Crippen LogP contribution is -2.27. The number of thiophene rings is 1. The SMILES string of the molecule is COCCCNC(=O)c1c(NC(=O)CCc2c[nH]c3ccccc23)sc2c1CCCC2. The van der Waals surface area contributed by atoms with Gasteiger partial charge in [0.2, 0.25) is 5.91 Å². The average Bonchev–Trinajstić information content (AvgIpc) is 3.36. The molecule has 1 aromatic carbocycles. The lowest BCUT2D eigenvalue weighted by molar-refractivity contribution is -0.116. The topological polar surface area (TPSA) is 83.2 Å². The van der Waals surface area contributed by atoms with Crippen molar-refractivity contribution in [2.75, 3.05) is 25.6 Å². The highest BCUT2D eigenvalue weighted by atomic mass is 32.1. The van der Waals surface area contributed by atoms with Crippen LogP contribution in [0, 0.1) is 0 Å². The first-order chi connectivity index (χ1) is 15.2. The summed E-state index contributed by atoms with van der Waals surface area (Å²) in [4.78, 5) is 30.2. The van der Waals surface area contributed by atoms with E-state index in [0.29, 0.717) is 36.6 Å². The van der Waals surface area contributed by atoms with Crippen molar-refractivity contribution in [3.63, 3.8) is 0 Å². The molecule has 0 saturated carbocycles. The highest BCUT2D eigenvalue weighted by molar-refractivity contribution is 7.17. The number of hydrogen-bond acceptors (Lipinski definition) is 4. The quantitative estimate of drug-likeness (QED) is 0.431. The minimum Gasteiger partial charge on any atom is -0.385 e. The Balaban J connectivity index is 1.44. The van der Waals surface area contributed by atoms with Gasteiger partial charge < -0.3 is 20.4 Å². The molecule has 1 aliphatic carbocycles. The van der Waals surface area contributed by atoms with Gasteiger partial charge in [0.25, 0.3) is 5.91 Å². The first kappa shape index (κ1) is 21.6. The van der Waals surface area contributed by atoms with E-state index >= 15 is 0 Å². The number of fused-ring (bicyclic) bond motifs is 2. The molecule has 0 aliphatic heterocycles. The predicted octanol–water partition coefficient (Wildman–Crippen LogP) is 4.45. The number of aromatic amines is 1.